The number of nitrogens with two attached hydrogens (primary N) is 1. The number of piperidine rings is 1. The Labute approximate surface area is 757 Å². The van der Waals surface area contributed by atoms with E-state index in [2.05, 4.69) is 19.9 Å². The Bertz CT molecular complexity index is 4520. The fourth-order valence-electron chi connectivity index (χ4n) is 17.4. The Balaban J connectivity index is 0.553. The van der Waals surface area contributed by atoms with Gasteiger partial charge in [0.1, 0.15) is 66.2 Å². The average molecular weight is 1810 g/mol. The van der Waals surface area contributed by atoms with Crippen molar-refractivity contribution in [2.45, 2.75) is 225 Å². The molecule has 0 spiro atoms. The highest BCUT2D eigenvalue weighted by atomic mass is 16.6. The molecule has 5 N–H and O–H groups in total. The topological polar surface area (TPSA) is 423 Å². The third-order valence-electron chi connectivity index (χ3n) is 24.9. The molecule has 2 amide bonds. The highest BCUT2D eigenvalue weighted by Gasteiger charge is 2.53. The Kier molecular flexibility index (Phi) is 41.4. The molecule has 129 heavy (non-hydrogen) atoms. The predicted octanol–water partition coefficient (Wildman–Crippen LogP) is 8.85. The number of aliphatic hydroxyl groups is 3. The van der Waals surface area contributed by atoms with Crippen LogP contribution in [0, 0.1) is 35.5 Å². The maximum Gasteiger partial charge on any atom is 0.329 e. The van der Waals surface area contributed by atoms with Gasteiger partial charge < -0.3 is 106 Å². The van der Waals surface area contributed by atoms with E-state index in [0.717, 1.165) is 27.8 Å². The number of Topliss-reactive ketones (excluding diaryl/α,β-unsaturated/α-hetero) is 2. The lowest BCUT2D eigenvalue weighted by molar-refractivity contribution is -0.265. The second-order valence-electron chi connectivity index (χ2n) is 34.9. The molecule has 714 valence electrons. The number of oxazole rings is 1. The maximum atomic E-state index is 14.8. The third kappa shape index (κ3) is 30.0. The maximum absolute atomic E-state index is 14.8. The van der Waals surface area contributed by atoms with E-state index in [1.807, 2.05) is 100 Å². The van der Waals surface area contributed by atoms with Crippen molar-refractivity contribution in [2.75, 3.05) is 165 Å². The molecule has 5 aliphatic rings. The lowest BCUT2D eigenvalue weighted by Crippen LogP contribution is -2.61. The third-order valence-corrected chi connectivity index (χ3v) is 24.9. The van der Waals surface area contributed by atoms with Gasteiger partial charge in [0.2, 0.25) is 11.7 Å². The van der Waals surface area contributed by atoms with Gasteiger partial charge in [0.25, 0.3) is 17.7 Å². The van der Waals surface area contributed by atoms with Crippen molar-refractivity contribution in [3.05, 3.63) is 95.4 Å². The smallest absolute Gasteiger partial charge is 0.329 e. The molecule has 35 heteroatoms. The van der Waals surface area contributed by atoms with Crippen molar-refractivity contribution in [2.24, 2.45) is 35.5 Å². The van der Waals surface area contributed by atoms with Crippen molar-refractivity contribution in [3.63, 3.8) is 0 Å². The molecule has 8 heterocycles. The summed E-state index contributed by atoms with van der Waals surface area (Å²) in [5, 5.41) is 41.7. The molecule has 10 rings (SSSR count). The first kappa shape index (κ1) is 103. The lowest BCUT2D eigenvalue weighted by atomic mass is 9.78. The van der Waals surface area contributed by atoms with Gasteiger partial charge in [-0.2, -0.15) is 10.1 Å². The Hall–Kier alpha value is -8.50. The molecular formula is C94H139N11O24. The quantitative estimate of drug-likeness (QED) is 0.0123. The summed E-state index contributed by atoms with van der Waals surface area (Å²) in [5.74, 6) is -6.95. The molecule has 0 radical (unpaired) electrons. The summed E-state index contributed by atoms with van der Waals surface area (Å²) >= 11 is 0. The first-order valence-corrected chi connectivity index (χ1v) is 45.8. The number of benzene rings is 1. The number of nitrogens with zero attached hydrogens (tertiary/aromatic N) is 10. The molecule has 0 unspecified atom stereocenters. The summed E-state index contributed by atoms with van der Waals surface area (Å²) in [6.45, 7) is 20.1. The van der Waals surface area contributed by atoms with Crippen LogP contribution in [0.1, 0.15) is 162 Å². The number of anilines is 2. The Morgan fingerprint density at radius 1 is 0.713 bits per heavy atom. The largest absolute Gasteiger partial charge is 0.460 e. The van der Waals surface area contributed by atoms with E-state index >= 15 is 0 Å². The average Bonchev–Trinajstić information content (AvgIpc) is 0.999. The first-order valence-electron chi connectivity index (χ1n) is 45.8. The number of aliphatic hydroxyl groups excluding tert-OH is 2. The highest BCUT2D eigenvalue weighted by Crippen LogP contribution is 2.40. The molecule has 2 bridgehead atoms. The molecular weight excluding hydrogens is 1670 g/mol. The van der Waals surface area contributed by atoms with Gasteiger partial charge in [-0.1, -0.05) is 71.1 Å². The normalized spacial score (nSPS) is 27.3. The van der Waals surface area contributed by atoms with Crippen LogP contribution in [0.3, 0.4) is 0 Å². The van der Waals surface area contributed by atoms with E-state index in [9.17, 15) is 44.1 Å². The molecule has 2 saturated heterocycles. The van der Waals surface area contributed by atoms with Gasteiger partial charge in [-0.15, -0.1) is 0 Å². The molecule has 16 atom stereocenters. The minimum atomic E-state index is -2.47. The summed E-state index contributed by atoms with van der Waals surface area (Å²) in [5.41, 5.74) is 12.2. The van der Waals surface area contributed by atoms with E-state index in [1.54, 1.807) is 51.9 Å². The Morgan fingerprint density at radius 2 is 1.39 bits per heavy atom. The van der Waals surface area contributed by atoms with E-state index < -0.39 is 96.1 Å². The van der Waals surface area contributed by atoms with Crippen LogP contribution in [-0.2, 0) is 115 Å². The molecule has 1 saturated carbocycles. The number of hydrogen-bond acceptors (Lipinski definition) is 32. The molecule has 4 aromatic heterocycles. The molecule has 3 fully saturated rings. The number of amides is 2. The monoisotopic (exact) mass is 1810 g/mol. The number of nitrogen functional groups attached to an aromatic ring is 1. The first-order chi connectivity index (χ1) is 62.2. The lowest BCUT2D eigenvalue weighted by Gasteiger charge is -2.43. The van der Waals surface area contributed by atoms with Gasteiger partial charge in [-0.3, -0.25) is 24.0 Å². The number of aromatic nitrogens is 7. The minimum Gasteiger partial charge on any atom is -0.460 e. The van der Waals surface area contributed by atoms with Crippen LogP contribution >= 0.6 is 0 Å². The van der Waals surface area contributed by atoms with Crippen LogP contribution in [0.5, 0.6) is 0 Å². The minimum absolute atomic E-state index is 0.00497. The summed E-state index contributed by atoms with van der Waals surface area (Å²) in [7, 11) is 8.38. The van der Waals surface area contributed by atoms with E-state index in [-0.39, 0.29) is 86.8 Å². The number of esters is 2. The number of cyclic esters (lactones) is 1. The summed E-state index contributed by atoms with van der Waals surface area (Å²) in [6, 6.07) is 4.51. The zero-order chi connectivity index (χ0) is 92.5. The highest BCUT2D eigenvalue weighted by molar-refractivity contribution is 6.39. The van der Waals surface area contributed by atoms with Gasteiger partial charge in [0.15, 0.2) is 17.0 Å². The van der Waals surface area contributed by atoms with Crippen molar-refractivity contribution >= 4 is 69.3 Å². The number of ketones is 2. The van der Waals surface area contributed by atoms with E-state index in [4.69, 9.17) is 86.5 Å². The SMILES string of the molecule is CO[C@H]1C[C@@H]2CC[C@@H](C)[C@@](O)(O2)C(=O)C(=O)N2CCCC[C@H]2C(=O)O[C@H]([C@H](C)C[C@@H]2CC[C@@H](OC(=O)CCCOCCOCCOCCOCCOCCOCCOCCOCCC(=O)N3CCc4nc(Cn5nc(-c6ccc7oc(N)nc7c6)c6c(N(C)C)ncnc65)ncc4C3)[C@H](OC)C2)C[C@@H](O)[C@H](C)/C=C(\C)[C@@H](O)[C@@H](OC)C(=O)[C@H](C)C[C@H](C)/C=C/C=C/C=C/1C. The zero-order valence-electron chi connectivity index (χ0n) is 77.4. The van der Waals surface area contributed by atoms with Crippen molar-refractivity contribution in [3.8, 4) is 11.3 Å². The van der Waals surface area contributed by atoms with Crippen LogP contribution in [0.4, 0.5) is 11.8 Å². The number of hydrogen-bond donors (Lipinski definition) is 4. The fourth-order valence-corrected chi connectivity index (χ4v) is 17.4. The molecule has 5 aromatic rings. The van der Waals surface area contributed by atoms with Gasteiger partial charge in [-0.25, -0.2) is 29.4 Å². The van der Waals surface area contributed by atoms with Crippen LogP contribution in [-0.4, -0.2) is 310 Å². The fraction of sp³-hybridized carbons (Fsp3) is 0.681. The van der Waals surface area contributed by atoms with Crippen LogP contribution in [0.15, 0.2) is 82.7 Å². The van der Waals surface area contributed by atoms with E-state index in [1.165, 1.54) is 18.3 Å². The van der Waals surface area contributed by atoms with Gasteiger partial charge in [0.05, 0.1) is 141 Å². The number of rotatable bonds is 39. The molecule has 35 nitrogen and oxygen atoms in total. The summed E-state index contributed by atoms with van der Waals surface area (Å²) < 4.78 is 88.7. The summed E-state index contributed by atoms with van der Waals surface area (Å²) in [6.07, 6.45) is 14.6. The summed E-state index contributed by atoms with van der Waals surface area (Å²) in [4.78, 5) is 112. The van der Waals surface area contributed by atoms with Crippen molar-refractivity contribution in [1.29, 1.82) is 0 Å². The standard InChI is InChI=1S/C94H139N11O24/c1-60-19-14-13-15-20-61(2)77(115-10)54-70-26-23-66(7)94(114,129-70)88(111)91(112)104-31-17-16-21-73(104)92(113)127-78(55-74(106)62(3)50-65(6)86(110)87(117-12)85(109)64(5)49-60)63(4)51-67-24-27-76(79(52-67)116-11)126-82(108)22-18-33-118-35-37-120-39-41-122-43-45-124-47-48-125-46-44-123-42-40-121-38-36-119-34-30-81(107)103-32-29-71-69(57-103)56-96-80(99-71)58-105-90-83(89(102(8)9)97-59-98-90)84(101-105)68-25-28-75-72(53-68)100-93(95)128-75/h13-15,19-20,25,28,50,53,56,59-60,62-64,66-67,70,73-74,76-79,86-87,106,110,114H,16-18,21-24,26-27,29-49,51-52,54-55,57-58H2,1-12H3,(H2,95,100)/b15-13+,19-14+,61-20+,65-50+/t60-,62-,63-,64-,66-,67+,70+,73+,74-,76-,77+,78+,79-,86-,87+,94-/m1/s1. The van der Waals surface area contributed by atoms with Gasteiger partial charge in [-0.05, 0) is 132 Å². The predicted molar refractivity (Wildman–Crippen MR) is 478 cm³/mol. The van der Waals surface area contributed by atoms with Crippen LogP contribution < -0.4 is 10.6 Å². The number of methoxy groups -OCH3 is 3. The zero-order valence-corrected chi connectivity index (χ0v) is 77.4. The van der Waals surface area contributed by atoms with E-state index in [0.29, 0.717) is 229 Å². The number of carbonyl (C=O) groups is 6. The number of carbonyl (C=O) groups excluding carboxylic acids is 6. The molecule has 4 aliphatic heterocycles. The Morgan fingerprint density at radius 3 is 2.05 bits per heavy atom. The number of ether oxygens (including phenoxy) is 14. The van der Waals surface area contributed by atoms with Gasteiger partial charge in [0, 0.05) is 122 Å². The van der Waals surface area contributed by atoms with Crippen LogP contribution in [0.2, 0.25) is 0 Å². The number of allylic oxidation sites excluding steroid dienone is 5. The number of fused-ring (bicyclic) bond motifs is 6. The van der Waals surface area contributed by atoms with Crippen molar-refractivity contribution in [1.82, 2.24) is 44.5 Å². The second kappa shape index (κ2) is 52.1. The molecule has 1 aliphatic carbocycles. The van der Waals surface area contributed by atoms with Crippen LogP contribution in [0.25, 0.3) is 33.4 Å². The second-order valence-corrected chi connectivity index (χ2v) is 34.9. The van der Waals surface area contributed by atoms with Gasteiger partial charge >= 0.3 is 11.9 Å². The van der Waals surface area contributed by atoms with Crippen molar-refractivity contribution < 1.29 is 115 Å². The molecule has 1 aromatic carbocycles.